The van der Waals surface area contributed by atoms with Gasteiger partial charge in [-0.05, 0) is 5.92 Å². The Kier molecular flexibility index (Phi) is 1.77. The highest BCUT2D eigenvalue weighted by Crippen LogP contribution is 2.45. The lowest BCUT2D eigenvalue weighted by molar-refractivity contribution is -0.133. The third-order valence-corrected chi connectivity index (χ3v) is 2.89. The first-order valence-electron chi connectivity index (χ1n) is 3.80. The van der Waals surface area contributed by atoms with E-state index in [2.05, 4.69) is 20.8 Å². The Morgan fingerprint density at radius 2 is 1.90 bits per heavy atom. The molecule has 0 heterocycles. The Bertz CT molecular complexity index is 133. The molecule has 1 aliphatic carbocycles. The van der Waals surface area contributed by atoms with Gasteiger partial charge in [-0.15, -0.1) is 0 Å². The number of methoxy groups -OCH3 is 1. The first-order chi connectivity index (χ1) is 4.51. The van der Waals surface area contributed by atoms with Crippen molar-refractivity contribution in [3.05, 3.63) is 0 Å². The Morgan fingerprint density at radius 3 is 2.10 bits per heavy atom. The highest BCUT2D eigenvalue weighted by molar-refractivity contribution is 5.05. The summed E-state index contributed by atoms with van der Waals surface area (Å²) in [7, 11) is 1.76. The van der Waals surface area contributed by atoms with Gasteiger partial charge in [0.25, 0.3) is 0 Å². The second kappa shape index (κ2) is 2.21. The van der Waals surface area contributed by atoms with E-state index < -0.39 is 0 Å². The Balaban J connectivity index is 2.61. The van der Waals surface area contributed by atoms with E-state index in [9.17, 15) is 0 Å². The second-order valence-corrected chi connectivity index (χ2v) is 3.86. The molecule has 0 aromatic carbocycles. The molecule has 0 aromatic rings. The van der Waals surface area contributed by atoms with Crippen LogP contribution in [0.1, 0.15) is 20.8 Å². The zero-order chi connectivity index (χ0) is 7.94. The molecule has 2 nitrogen and oxygen atoms in total. The van der Waals surface area contributed by atoms with E-state index >= 15 is 0 Å². The first kappa shape index (κ1) is 8.02. The first-order valence-corrected chi connectivity index (χ1v) is 3.80. The third-order valence-electron chi connectivity index (χ3n) is 2.89. The SMILES string of the molecule is CO[C@H]1[C@H](C)[C@@H](N)C1(C)C. The third kappa shape index (κ3) is 0.789. The van der Waals surface area contributed by atoms with Crippen LogP contribution >= 0.6 is 0 Å². The molecule has 0 aliphatic heterocycles. The lowest BCUT2D eigenvalue weighted by Gasteiger charge is -2.54. The van der Waals surface area contributed by atoms with Crippen molar-refractivity contribution in [1.82, 2.24) is 0 Å². The summed E-state index contributed by atoms with van der Waals surface area (Å²) in [6.07, 6.45) is 0.350. The topological polar surface area (TPSA) is 35.2 Å². The van der Waals surface area contributed by atoms with Crippen LogP contribution in [-0.4, -0.2) is 19.3 Å². The van der Waals surface area contributed by atoms with Gasteiger partial charge in [-0.1, -0.05) is 20.8 Å². The van der Waals surface area contributed by atoms with Crippen LogP contribution in [0.25, 0.3) is 0 Å². The molecule has 60 valence electrons. The quantitative estimate of drug-likeness (QED) is 0.594. The maximum absolute atomic E-state index is 5.89. The highest BCUT2D eigenvalue weighted by Gasteiger charge is 2.52. The highest BCUT2D eigenvalue weighted by atomic mass is 16.5. The minimum absolute atomic E-state index is 0.175. The number of hydrogen-bond acceptors (Lipinski definition) is 2. The van der Waals surface area contributed by atoms with Crippen LogP contribution in [0, 0.1) is 11.3 Å². The van der Waals surface area contributed by atoms with Crippen molar-refractivity contribution in [2.45, 2.75) is 32.9 Å². The molecule has 1 saturated carbocycles. The molecule has 2 heteroatoms. The summed E-state index contributed by atoms with van der Waals surface area (Å²) in [6.45, 7) is 6.46. The van der Waals surface area contributed by atoms with Gasteiger partial charge < -0.3 is 10.5 Å². The maximum atomic E-state index is 5.89. The summed E-state index contributed by atoms with van der Waals surface area (Å²) in [5.41, 5.74) is 6.06. The van der Waals surface area contributed by atoms with Crippen LogP contribution < -0.4 is 5.73 Å². The minimum atomic E-state index is 0.175. The molecular weight excluding hydrogens is 126 g/mol. The van der Waals surface area contributed by atoms with Gasteiger partial charge in [0, 0.05) is 18.6 Å². The molecule has 0 amide bonds. The summed E-state index contributed by atoms with van der Waals surface area (Å²) in [4.78, 5) is 0. The van der Waals surface area contributed by atoms with Crippen molar-refractivity contribution < 1.29 is 4.74 Å². The Morgan fingerprint density at radius 1 is 1.40 bits per heavy atom. The van der Waals surface area contributed by atoms with Crippen molar-refractivity contribution >= 4 is 0 Å². The molecule has 0 saturated heterocycles. The molecular formula is C8H17NO. The van der Waals surface area contributed by atoms with Gasteiger partial charge in [0.2, 0.25) is 0 Å². The second-order valence-electron chi connectivity index (χ2n) is 3.86. The van der Waals surface area contributed by atoms with Crippen molar-refractivity contribution in [2.75, 3.05) is 7.11 Å². The van der Waals surface area contributed by atoms with Crippen LogP contribution in [0.3, 0.4) is 0 Å². The summed E-state index contributed by atoms with van der Waals surface area (Å²) >= 11 is 0. The zero-order valence-electron chi connectivity index (χ0n) is 7.22. The van der Waals surface area contributed by atoms with E-state index in [0.717, 1.165) is 0 Å². The molecule has 1 aliphatic rings. The lowest BCUT2D eigenvalue weighted by Crippen LogP contribution is -2.65. The molecule has 10 heavy (non-hydrogen) atoms. The van der Waals surface area contributed by atoms with Gasteiger partial charge >= 0.3 is 0 Å². The van der Waals surface area contributed by atoms with E-state index in [1.165, 1.54) is 0 Å². The molecule has 3 atom stereocenters. The summed E-state index contributed by atoms with van der Waals surface area (Å²) in [5.74, 6) is 0.514. The van der Waals surface area contributed by atoms with Crippen LogP contribution in [0.15, 0.2) is 0 Å². The van der Waals surface area contributed by atoms with E-state index in [1.807, 2.05) is 0 Å². The molecule has 0 unspecified atom stereocenters. The number of ether oxygens (including phenoxy) is 1. The molecule has 1 rings (SSSR count). The fraction of sp³-hybridized carbons (Fsp3) is 1.00. The van der Waals surface area contributed by atoms with E-state index in [4.69, 9.17) is 10.5 Å². The predicted molar refractivity (Wildman–Crippen MR) is 41.7 cm³/mol. The van der Waals surface area contributed by atoms with Gasteiger partial charge in [0.05, 0.1) is 6.10 Å². The average molecular weight is 143 g/mol. The van der Waals surface area contributed by atoms with Crippen LogP contribution in [0.5, 0.6) is 0 Å². The van der Waals surface area contributed by atoms with Gasteiger partial charge in [0.1, 0.15) is 0 Å². The normalized spacial score (nSPS) is 44.7. The molecule has 2 N–H and O–H groups in total. The number of rotatable bonds is 1. The van der Waals surface area contributed by atoms with E-state index in [0.29, 0.717) is 18.1 Å². The zero-order valence-corrected chi connectivity index (χ0v) is 7.22. The largest absolute Gasteiger partial charge is 0.381 e. The number of nitrogens with two attached hydrogens (primary N) is 1. The predicted octanol–water partition coefficient (Wildman–Crippen LogP) is 1.00. The molecule has 0 bridgehead atoms. The summed E-state index contributed by atoms with van der Waals surface area (Å²) < 4.78 is 5.30. The molecule has 0 radical (unpaired) electrons. The van der Waals surface area contributed by atoms with Gasteiger partial charge in [-0.25, -0.2) is 0 Å². The fourth-order valence-electron chi connectivity index (χ4n) is 2.13. The van der Waals surface area contributed by atoms with E-state index in [1.54, 1.807) is 7.11 Å². The molecule has 1 fully saturated rings. The Labute approximate surface area is 62.7 Å². The number of hydrogen-bond donors (Lipinski definition) is 1. The summed E-state index contributed by atoms with van der Waals surface area (Å²) in [6, 6.07) is 0.303. The minimum Gasteiger partial charge on any atom is -0.381 e. The standard InChI is InChI=1S/C8H17NO/c1-5-6(9)8(2,3)7(5)10-4/h5-7H,9H2,1-4H3/t5-,6-,7+/m1/s1. The van der Waals surface area contributed by atoms with Crippen molar-refractivity contribution in [3.63, 3.8) is 0 Å². The van der Waals surface area contributed by atoms with Crippen LogP contribution in [0.2, 0.25) is 0 Å². The Hall–Kier alpha value is -0.0800. The van der Waals surface area contributed by atoms with Gasteiger partial charge in [-0.3, -0.25) is 0 Å². The fourth-order valence-corrected chi connectivity index (χ4v) is 2.13. The molecule has 0 aromatic heterocycles. The van der Waals surface area contributed by atoms with Crippen LogP contribution in [0.4, 0.5) is 0 Å². The van der Waals surface area contributed by atoms with Crippen LogP contribution in [-0.2, 0) is 4.74 Å². The lowest BCUT2D eigenvalue weighted by atomic mass is 9.58. The van der Waals surface area contributed by atoms with Gasteiger partial charge in [-0.2, -0.15) is 0 Å². The monoisotopic (exact) mass is 143 g/mol. The van der Waals surface area contributed by atoms with Crippen molar-refractivity contribution in [2.24, 2.45) is 17.1 Å². The average Bonchev–Trinajstić information content (AvgIpc) is 1.88. The smallest absolute Gasteiger partial charge is 0.0677 e. The van der Waals surface area contributed by atoms with Crippen molar-refractivity contribution in [1.29, 1.82) is 0 Å². The van der Waals surface area contributed by atoms with Gasteiger partial charge in [0.15, 0.2) is 0 Å². The van der Waals surface area contributed by atoms with Crippen molar-refractivity contribution in [3.8, 4) is 0 Å². The molecule has 0 spiro atoms. The van der Waals surface area contributed by atoms with E-state index in [-0.39, 0.29) is 5.41 Å². The summed E-state index contributed by atoms with van der Waals surface area (Å²) in [5, 5.41) is 0. The maximum Gasteiger partial charge on any atom is 0.0677 e.